The molecule has 4 heterocycles. The van der Waals surface area contributed by atoms with Crippen LogP contribution in [-0.4, -0.2) is 98.4 Å². The van der Waals surface area contributed by atoms with Crippen LogP contribution >= 0.6 is 0 Å². The first kappa shape index (κ1) is 34.4. The summed E-state index contributed by atoms with van der Waals surface area (Å²) < 4.78 is 40.5. The van der Waals surface area contributed by atoms with Gasteiger partial charge in [-0.2, -0.15) is 10.2 Å². The maximum absolute atomic E-state index is 13.7. The zero-order valence-corrected chi connectivity index (χ0v) is 28.4. The molecule has 2 aliphatic heterocycles. The van der Waals surface area contributed by atoms with Gasteiger partial charge in [0.1, 0.15) is 12.2 Å². The first-order chi connectivity index (χ1) is 25.1. The van der Waals surface area contributed by atoms with E-state index in [0.29, 0.717) is 36.0 Å². The summed E-state index contributed by atoms with van der Waals surface area (Å²) in [5.74, 6) is -2.02. The fourth-order valence-corrected chi connectivity index (χ4v) is 6.32. The smallest absolute Gasteiger partial charge is 0.465 e. The van der Waals surface area contributed by atoms with Gasteiger partial charge in [0.2, 0.25) is 5.82 Å². The van der Waals surface area contributed by atoms with Crippen LogP contribution in [0.4, 0.5) is 9.59 Å². The molecule has 2 fully saturated rings. The number of nitrogens with zero attached hydrogens (tertiary/aromatic N) is 5. The molecule has 2 aromatic heterocycles. The van der Waals surface area contributed by atoms with Crippen molar-refractivity contribution in [1.82, 2.24) is 30.2 Å². The zero-order valence-electron chi connectivity index (χ0n) is 28.4. The lowest BCUT2D eigenvalue weighted by molar-refractivity contribution is -0.162. The highest BCUT2D eigenvalue weighted by Crippen LogP contribution is 2.33. The molecule has 3 N–H and O–H groups in total. The maximum Gasteiger partial charge on any atom is 0.512 e. The van der Waals surface area contributed by atoms with Crippen molar-refractivity contribution in [3.8, 4) is 28.5 Å². The zero-order chi connectivity index (χ0) is 36.4. The molecule has 270 valence electrons. The van der Waals surface area contributed by atoms with Crippen LogP contribution in [0.15, 0.2) is 66.7 Å². The minimum Gasteiger partial charge on any atom is -0.465 e. The second-order valence-electron chi connectivity index (χ2n) is 12.4. The summed E-state index contributed by atoms with van der Waals surface area (Å²) in [6.07, 6.45) is -4.99. The Bertz CT molecular complexity index is 2080. The summed E-state index contributed by atoms with van der Waals surface area (Å²) in [6.45, 7) is 5.33. The molecule has 0 unspecified atom stereocenters. The number of hydrogen-bond acceptors (Lipinski definition) is 14. The average Bonchev–Trinajstić information content (AvgIpc) is 3.92. The van der Waals surface area contributed by atoms with Gasteiger partial charge in [-0.1, -0.05) is 54.6 Å². The third-order valence-corrected chi connectivity index (χ3v) is 8.49. The molecule has 17 nitrogen and oxygen atoms in total. The predicted molar refractivity (Wildman–Crippen MR) is 180 cm³/mol. The number of imidazole rings is 1. The van der Waals surface area contributed by atoms with Crippen molar-refractivity contribution in [2.75, 3.05) is 19.8 Å². The van der Waals surface area contributed by atoms with Crippen molar-refractivity contribution in [3.05, 3.63) is 77.9 Å². The predicted octanol–water partition coefficient (Wildman–Crippen LogP) is 4.01. The van der Waals surface area contributed by atoms with E-state index in [4.69, 9.17) is 38.9 Å². The van der Waals surface area contributed by atoms with Gasteiger partial charge < -0.3 is 38.9 Å². The molecular weight excluding hydrogens is 678 g/mol. The van der Waals surface area contributed by atoms with Crippen LogP contribution in [-0.2, 0) is 35.0 Å². The lowest BCUT2D eigenvalue weighted by Gasteiger charge is -2.26. The van der Waals surface area contributed by atoms with Gasteiger partial charge >= 0.3 is 18.2 Å². The fourth-order valence-electron chi connectivity index (χ4n) is 6.32. The van der Waals surface area contributed by atoms with Crippen LogP contribution in [0.1, 0.15) is 36.7 Å². The van der Waals surface area contributed by atoms with Crippen LogP contribution in [0, 0.1) is 0 Å². The first-order valence-electron chi connectivity index (χ1n) is 16.5. The molecule has 0 spiro atoms. The summed E-state index contributed by atoms with van der Waals surface area (Å²) in [7, 11) is 0. The number of esters is 1. The third-order valence-electron chi connectivity index (χ3n) is 8.49. The van der Waals surface area contributed by atoms with Gasteiger partial charge in [-0.3, -0.25) is 4.57 Å². The number of H-pyrrole nitrogens is 1. The largest absolute Gasteiger partial charge is 0.512 e. The molecule has 0 aliphatic carbocycles. The summed E-state index contributed by atoms with van der Waals surface area (Å²) in [4.78, 5) is 42.4. The number of rotatable bonds is 11. The van der Waals surface area contributed by atoms with Gasteiger partial charge in [0.05, 0.1) is 43.0 Å². The second kappa shape index (κ2) is 14.3. The van der Waals surface area contributed by atoms with Crippen LogP contribution < -0.4 is 10.5 Å². The number of fused-ring (bicyclic) bond motifs is 2. The minimum absolute atomic E-state index is 0.0201. The van der Waals surface area contributed by atoms with Gasteiger partial charge in [-0.15, -0.1) is 10.2 Å². The molecule has 0 radical (unpaired) electrons. The number of hydrogen-bond donors (Lipinski definition) is 2. The van der Waals surface area contributed by atoms with E-state index < -0.39 is 48.4 Å². The third kappa shape index (κ3) is 7.08. The lowest BCUT2D eigenvalue weighted by Crippen LogP contribution is -2.39. The maximum atomic E-state index is 13.7. The Labute approximate surface area is 296 Å². The molecule has 17 heteroatoms. The molecule has 7 rings (SSSR count). The molecule has 1 amide bonds. The Balaban J connectivity index is 1.07. The van der Waals surface area contributed by atoms with Crippen LogP contribution in [0.2, 0.25) is 0 Å². The van der Waals surface area contributed by atoms with Crippen molar-refractivity contribution in [1.29, 1.82) is 0 Å². The minimum atomic E-state index is -1.75. The number of amides is 1. The highest BCUT2D eigenvalue weighted by Gasteiger charge is 2.51. The molecule has 2 saturated heterocycles. The number of primary amides is 1. The molecule has 2 aliphatic rings. The van der Waals surface area contributed by atoms with Crippen molar-refractivity contribution in [2.24, 2.45) is 5.73 Å². The van der Waals surface area contributed by atoms with Gasteiger partial charge in [-0.05, 0) is 41.0 Å². The number of aromatic amines is 1. The Hall–Kier alpha value is -6.07. The number of benzene rings is 3. The molecule has 0 bridgehead atoms. The van der Waals surface area contributed by atoms with E-state index in [9.17, 15) is 14.4 Å². The van der Waals surface area contributed by atoms with Gasteiger partial charge in [-0.25, -0.2) is 14.4 Å². The van der Waals surface area contributed by atoms with Gasteiger partial charge in [0, 0.05) is 19.4 Å². The monoisotopic (exact) mass is 713 g/mol. The van der Waals surface area contributed by atoms with E-state index in [-0.39, 0.29) is 18.8 Å². The Kier molecular flexibility index (Phi) is 9.44. The quantitative estimate of drug-likeness (QED) is 0.112. The highest BCUT2D eigenvalue weighted by molar-refractivity contribution is 6.02. The van der Waals surface area contributed by atoms with Crippen molar-refractivity contribution < 1.29 is 47.5 Å². The van der Waals surface area contributed by atoms with E-state index in [1.807, 2.05) is 55.5 Å². The Morgan fingerprint density at radius 1 is 0.923 bits per heavy atom. The van der Waals surface area contributed by atoms with Gasteiger partial charge in [0.15, 0.2) is 12.2 Å². The summed E-state index contributed by atoms with van der Waals surface area (Å²) in [6, 6.07) is 21.1. The molecule has 3 aromatic carbocycles. The van der Waals surface area contributed by atoms with E-state index >= 15 is 0 Å². The fraction of sp³-hybridized carbons (Fsp3) is 0.343. The number of carbonyl (C=O) groups is 3. The summed E-state index contributed by atoms with van der Waals surface area (Å²) in [5.41, 5.74) is 9.91. The van der Waals surface area contributed by atoms with E-state index in [0.717, 1.165) is 22.3 Å². The molecule has 52 heavy (non-hydrogen) atoms. The highest BCUT2D eigenvalue weighted by atomic mass is 16.8. The number of carbonyl (C=O) groups excluding carboxylic acids is 3. The van der Waals surface area contributed by atoms with Crippen LogP contribution in [0.5, 0.6) is 6.01 Å². The molecule has 0 saturated carbocycles. The van der Waals surface area contributed by atoms with E-state index in [1.54, 1.807) is 22.8 Å². The van der Waals surface area contributed by atoms with Crippen molar-refractivity contribution in [2.45, 2.75) is 57.5 Å². The topological polar surface area (TPSA) is 214 Å². The summed E-state index contributed by atoms with van der Waals surface area (Å²) in [5, 5.41) is 14.4. The van der Waals surface area contributed by atoms with Crippen molar-refractivity contribution in [3.63, 3.8) is 0 Å². The lowest BCUT2D eigenvalue weighted by atomic mass is 9.98. The standard InChI is InChI=1S/C35H35N7O10/c1-4-46-33-37-24-11-7-10-23(31(43)51-35(2,3)52-34(45)50-26-18-48-28-25(49-32(36)44)17-47-29(26)28)27(24)42(33)16-19-12-14-20(15-13-19)21-8-5-6-9-22(21)30-38-40-41-39-30/h5-15,25-26,28-29H,4,16-18H2,1-3H3,(H2,36,44)(H,38,39,40,41)/t25-,26-,28+,29+/m1/s1. The number of nitrogens with one attached hydrogen (secondary N) is 1. The number of para-hydroxylation sites is 1. The number of tetrazole rings is 1. The van der Waals surface area contributed by atoms with Crippen LogP contribution in [0.25, 0.3) is 33.5 Å². The van der Waals surface area contributed by atoms with E-state index in [2.05, 4.69) is 25.6 Å². The SMILES string of the molecule is CCOc1nc2cccc(C(=O)OC(C)(C)OC(=O)O[C@@H]3CO[C@@H]4[C@H]3OC[C@H]4OC(N)=O)c2n1Cc1ccc(-c2ccccc2-c2nn[nH]n2)cc1. The number of ether oxygens (including phenoxy) is 7. The Morgan fingerprint density at radius 2 is 1.63 bits per heavy atom. The van der Waals surface area contributed by atoms with Gasteiger partial charge in [0.25, 0.3) is 11.8 Å². The first-order valence-corrected chi connectivity index (χ1v) is 16.5. The van der Waals surface area contributed by atoms with E-state index in [1.165, 1.54) is 13.8 Å². The Morgan fingerprint density at radius 3 is 2.31 bits per heavy atom. The van der Waals surface area contributed by atoms with Crippen molar-refractivity contribution >= 4 is 29.3 Å². The molecule has 5 aromatic rings. The average molecular weight is 714 g/mol. The number of nitrogens with two attached hydrogens (primary N) is 1. The number of aromatic nitrogens is 6. The molecular formula is C35H35N7O10. The summed E-state index contributed by atoms with van der Waals surface area (Å²) >= 11 is 0. The normalized spacial score (nSPS) is 19.6. The van der Waals surface area contributed by atoms with Crippen LogP contribution in [0.3, 0.4) is 0 Å². The molecule has 4 atom stereocenters. The second-order valence-corrected chi connectivity index (χ2v) is 12.4.